The van der Waals surface area contributed by atoms with E-state index in [4.69, 9.17) is 33.7 Å². The summed E-state index contributed by atoms with van der Waals surface area (Å²) >= 11 is 11.8. The zero-order valence-electron chi connectivity index (χ0n) is 9.44. The van der Waals surface area contributed by atoms with Gasteiger partial charge in [-0.05, 0) is 6.92 Å². The summed E-state index contributed by atoms with van der Waals surface area (Å²) in [5.74, 6) is 0. The molecule has 17 heavy (non-hydrogen) atoms. The summed E-state index contributed by atoms with van der Waals surface area (Å²) in [6.45, 7) is 3.96. The molecule has 2 rings (SSSR count). The Bertz CT molecular complexity index is 402. The first-order valence-electron chi connectivity index (χ1n) is 5.39. The Kier molecular flexibility index (Phi) is 4.04. The third-order valence-electron chi connectivity index (χ3n) is 2.72. The third-order valence-corrected chi connectivity index (χ3v) is 3.18. The summed E-state index contributed by atoms with van der Waals surface area (Å²) in [6.07, 6.45) is -0.00763. The molecule has 1 saturated heterocycles. The number of hydrogen-bond donors (Lipinski definition) is 1. The minimum Gasteiger partial charge on any atom is -0.373 e. The number of halogens is 2. The molecular formula is C10H14Cl2N4O. The second-order valence-electron chi connectivity index (χ2n) is 4.06. The molecule has 0 aliphatic carbocycles. The average molecular weight is 277 g/mol. The SMILES string of the molecule is CC(N)C1CN(c2cc(Cl)nnc2Cl)CCO1. The van der Waals surface area contributed by atoms with E-state index in [1.807, 2.05) is 6.92 Å². The van der Waals surface area contributed by atoms with Crippen molar-refractivity contribution < 1.29 is 4.74 Å². The van der Waals surface area contributed by atoms with Gasteiger partial charge in [0.25, 0.3) is 0 Å². The summed E-state index contributed by atoms with van der Waals surface area (Å²) in [5, 5.41) is 8.16. The molecule has 0 bridgehead atoms. The summed E-state index contributed by atoms with van der Waals surface area (Å²) in [6, 6.07) is 1.68. The fraction of sp³-hybridized carbons (Fsp3) is 0.600. The zero-order valence-corrected chi connectivity index (χ0v) is 10.9. The summed E-state index contributed by atoms with van der Waals surface area (Å²) in [7, 11) is 0. The lowest BCUT2D eigenvalue weighted by atomic mass is 10.1. The van der Waals surface area contributed by atoms with E-state index in [1.54, 1.807) is 6.07 Å². The molecule has 2 unspecified atom stereocenters. The smallest absolute Gasteiger partial charge is 0.175 e. The van der Waals surface area contributed by atoms with Crippen molar-refractivity contribution in [3.63, 3.8) is 0 Å². The zero-order chi connectivity index (χ0) is 12.4. The maximum atomic E-state index is 6.01. The predicted octanol–water partition coefficient (Wildman–Crippen LogP) is 1.34. The Balaban J connectivity index is 2.18. The van der Waals surface area contributed by atoms with E-state index in [-0.39, 0.29) is 12.1 Å². The molecule has 2 heterocycles. The number of nitrogens with zero attached hydrogens (tertiary/aromatic N) is 3. The maximum absolute atomic E-state index is 6.01. The molecule has 0 spiro atoms. The summed E-state index contributed by atoms with van der Waals surface area (Å²) < 4.78 is 5.58. The number of aromatic nitrogens is 2. The van der Waals surface area contributed by atoms with Crippen molar-refractivity contribution in [2.75, 3.05) is 24.6 Å². The van der Waals surface area contributed by atoms with Crippen LogP contribution < -0.4 is 10.6 Å². The van der Waals surface area contributed by atoms with Gasteiger partial charge in [0, 0.05) is 25.2 Å². The fourth-order valence-corrected chi connectivity index (χ4v) is 2.13. The molecule has 1 aliphatic heterocycles. The van der Waals surface area contributed by atoms with E-state index in [2.05, 4.69) is 15.1 Å². The lowest BCUT2D eigenvalue weighted by molar-refractivity contribution is 0.0276. The van der Waals surface area contributed by atoms with Crippen molar-refractivity contribution in [3.8, 4) is 0 Å². The van der Waals surface area contributed by atoms with E-state index in [0.717, 1.165) is 12.2 Å². The molecule has 7 heteroatoms. The van der Waals surface area contributed by atoms with Gasteiger partial charge in [0.15, 0.2) is 10.3 Å². The molecule has 1 fully saturated rings. The van der Waals surface area contributed by atoms with Crippen molar-refractivity contribution in [1.82, 2.24) is 10.2 Å². The minimum atomic E-state index is -0.0261. The van der Waals surface area contributed by atoms with Crippen LogP contribution in [0.15, 0.2) is 6.07 Å². The van der Waals surface area contributed by atoms with E-state index in [0.29, 0.717) is 23.5 Å². The van der Waals surface area contributed by atoms with Crippen LogP contribution >= 0.6 is 23.2 Å². The summed E-state index contributed by atoms with van der Waals surface area (Å²) in [5.41, 5.74) is 6.62. The Morgan fingerprint density at radius 2 is 2.29 bits per heavy atom. The number of ether oxygens (including phenoxy) is 1. The number of hydrogen-bond acceptors (Lipinski definition) is 5. The number of morpholine rings is 1. The molecule has 0 saturated carbocycles. The van der Waals surface area contributed by atoms with Crippen LogP contribution in [0.4, 0.5) is 5.69 Å². The van der Waals surface area contributed by atoms with Crippen LogP contribution in [0.2, 0.25) is 10.3 Å². The predicted molar refractivity (Wildman–Crippen MR) is 67.7 cm³/mol. The third kappa shape index (κ3) is 2.98. The Hall–Kier alpha value is -0.620. The van der Waals surface area contributed by atoms with Crippen LogP contribution in [0.3, 0.4) is 0 Å². The topological polar surface area (TPSA) is 64.3 Å². The first-order valence-corrected chi connectivity index (χ1v) is 6.14. The molecule has 2 atom stereocenters. The molecule has 0 amide bonds. The van der Waals surface area contributed by atoms with Gasteiger partial charge in [-0.25, -0.2) is 0 Å². The van der Waals surface area contributed by atoms with Gasteiger partial charge in [-0.2, -0.15) is 0 Å². The van der Waals surface area contributed by atoms with Crippen LogP contribution in [0.1, 0.15) is 6.92 Å². The number of rotatable bonds is 2. The second kappa shape index (κ2) is 5.35. The van der Waals surface area contributed by atoms with Crippen molar-refractivity contribution >= 4 is 28.9 Å². The van der Waals surface area contributed by atoms with E-state index in [1.165, 1.54) is 0 Å². The lowest BCUT2D eigenvalue weighted by Crippen LogP contribution is -2.49. The molecule has 1 aromatic rings. The van der Waals surface area contributed by atoms with E-state index in [9.17, 15) is 0 Å². The van der Waals surface area contributed by atoms with Gasteiger partial charge in [0.2, 0.25) is 0 Å². The lowest BCUT2D eigenvalue weighted by Gasteiger charge is -2.36. The minimum absolute atomic E-state index is 0.00763. The largest absolute Gasteiger partial charge is 0.373 e. The van der Waals surface area contributed by atoms with Gasteiger partial charge >= 0.3 is 0 Å². The highest BCUT2D eigenvalue weighted by molar-refractivity contribution is 6.33. The Morgan fingerprint density at radius 3 is 3.00 bits per heavy atom. The molecule has 0 radical (unpaired) electrons. The normalized spacial score (nSPS) is 22.6. The average Bonchev–Trinajstić information content (AvgIpc) is 2.32. The number of anilines is 1. The van der Waals surface area contributed by atoms with Crippen LogP contribution in [0, 0.1) is 0 Å². The fourth-order valence-electron chi connectivity index (χ4n) is 1.78. The van der Waals surface area contributed by atoms with Gasteiger partial charge < -0.3 is 15.4 Å². The Labute approximate surface area is 110 Å². The van der Waals surface area contributed by atoms with Crippen LogP contribution in [0.25, 0.3) is 0 Å². The second-order valence-corrected chi connectivity index (χ2v) is 4.80. The van der Waals surface area contributed by atoms with Gasteiger partial charge in [-0.15, -0.1) is 10.2 Å². The monoisotopic (exact) mass is 276 g/mol. The molecule has 94 valence electrons. The summed E-state index contributed by atoms with van der Waals surface area (Å²) in [4.78, 5) is 2.07. The molecular weight excluding hydrogens is 263 g/mol. The standard InChI is InChI=1S/C10H14Cl2N4O/c1-6(13)8-5-16(2-3-17-8)7-4-9(11)14-15-10(7)12/h4,6,8H,2-3,5,13H2,1H3. The highest BCUT2D eigenvalue weighted by Gasteiger charge is 2.25. The van der Waals surface area contributed by atoms with Gasteiger partial charge in [0.1, 0.15) is 0 Å². The van der Waals surface area contributed by atoms with Crippen molar-refractivity contribution in [2.45, 2.75) is 19.1 Å². The van der Waals surface area contributed by atoms with Crippen molar-refractivity contribution in [2.24, 2.45) is 5.73 Å². The molecule has 2 N–H and O–H groups in total. The van der Waals surface area contributed by atoms with Crippen molar-refractivity contribution in [1.29, 1.82) is 0 Å². The van der Waals surface area contributed by atoms with Crippen LogP contribution in [-0.4, -0.2) is 42.0 Å². The molecule has 1 aromatic heterocycles. The maximum Gasteiger partial charge on any atom is 0.175 e. The first kappa shape index (κ1) is 12.8. The highest BCUT2D eigenvalue weighted by Crippen LogP contribution is 2.27. The van der Waals surface area contributed by atoms with Crippen LogP contribution in [-0.2, 0) is 4.74 Å². The number of nitrogens with two attached hydrogens (primary N) is 1. The quantitative estimate of drug-likeness (QED) is 0.883. The van der Waals surface area contributed by atoms with Gasteiger partial charge in [0.05, 0.1) is 18.4 Å². The van der Waals surface area contributed by atoms with Crippen LogP contribution in [0.5, 0.6) is 0 Å². The van der Waals surface area contributed by atoms with Crippen molar-refractivity contribution in [3.05, 3.63) is 16.4 Å². The first-order chi connectivity index (χ1) is 8.08. The van der Waals surface area contributed by atoms with Gasteiger partial charge in [-0.3, -0.25) is 0 Å². The highest BCUT2D eigenvalue weighted by atomic mass is 35.5. The van der Waals surface area contributed by atoms with E-state index >= 15 is 0 Å². The van der Waals surface area contributed by atoms with Gasteiger partial charge in [-0.1, -0.05) is 23.2 Å². The Morgan fingerprint density at radius 1 is 1.53 bits per heavy atom. The molecule has 1 aliphatic rings. The molecule has 5 nitrogen and oxygen atoms in total. The van der Waals surface area contributed by atoms with E-state index < -0.39 is 0 Å². The molecule has 0 aromatic carbocycles.